The number of amides is 1. The normalized spacial score (nSPS) is 16.9. The Morgan fingerprint density at radius 2 is 1.96 bits per heavy atom. The van der Waals surface area contributed by atoms with Crippen molar-refractivity contribution in [1.29, 1.82) is 0 Å². The zero-order valence-corrected chi connectivity index (χ0v) is 16.9. The van der Waals surface area contributed by atoms with Crippen molar-refractivity contribution in [1.82, 2.24) is 15.0 Å². The van der Waals surface area contributed by atoms with Crippen molar-refractivity contribution in [3.63, 3.8) is 0 Å². The van der Waals surface area contributed by atoms with Gasteiger partial charge in [0.25, 0.3) is 0 Å². The molecule has 6 heteroatoms. The molecule has 1 aliphatic heterocycles. The first kappa shape index (κ1) is 17.9. The zero-order chi connectivity index (χ0) is 19.0. The predicted octanol–water partition coefficient (Wildman–Crippen LogP) is 4.98. The van der Waals surface area contributed by atoms with Crippen molar-refractivity contribution in [2.24, 2.45) is 0 Å². The van der Waals surface area contributed by atoms with Crippen LogP contribution in [0.15, 0.2) is 51.5 Å². The number of rotatable bonds is 4. The fraction of sp³-hybridized carbons (Fsp3) is 0.286. The van der Waals surface area contributed by atoms with E-state index in [1.807, 2.05) is 29.2 Å². The van der Waals surface area contributed by atoms with E-state index >= 15 is 0 Å². The van der Waals surface area contributed by atoms with Gasteiger partial charge in [-0.2, -0.15) is 4.98 Å². The number of carbonyl (C=O) groups excluding carboxylic acids is 1. The number of hydrogen-bond donors (Lipinski definition) is 0. The van der Waals surface area contributed by atoms with Gasteiger partial charge in [-0.05, 0) is 55.7 Å². The van der Waals surface area contributed by atoms with Crippen molar-refractivity contribution in [2.75, 3.05) is 0 Å². The van der Waals surface area contributed by atoms with Crippen LogP contribution in [0.1, 0.15) is 41.5 Å². The van der Waals surface area contributed by atoms with Gasteiger partial charge in [0.2, 0.25) is 17.6 Å². The van der Waals surface area contributed by atoms with Gasteiger partial charge in [0.15, 0.2) is 0 Å². The quantitative estimate of drug-likeness (QED) is 0.591. The molecule has 1 aromatic heterocycles. The molecule has 2 aromatic carbocycles. The van der Waals surface area contributed by atoms with E-state index in [1.54, 1.807) is 0 Å². The molecule has 4 rings (SSSR count). The zero-order valence-electron chi connectivity index (χ0n) is 15.3. The maximum Gasteiger partial charge on any atom is 0.249 e. The van der Waals surface area contributed by atoms with Gasteiger partial charge in [0.05, 0.1) is 0 Å². The van der Waals surface area contributed by atoms with Gasteiger partial charge in [-0.1, -0.05) is 44.8 Å². The van der Waals surface area contributed by atoms with Crippen molar-refractivity contribution in [3.05, 3.63) is 69.5 Å². The highest BCUT2D eigenvalue weighted by molar-refractivity contribution is 9.10. The lowest BCUT2D eigenvalue weighted by atomic mass is 10.0. The first-order chi connectivity index (χ1) is 13.0. The lowest BCUT2D eigenvalue weighted by molar-refractivity contribution is -0.130. The minimum Gasteiger partial charge on any atom is -0.337 e. The Bertz CT molecular complexity index is 981. The summed E-state index contributed by atoms with van der Waals surface area (Å²) in [4.78, 5) is 18.9. The molecule has 0 aliphatic carbocycles. The summed E-state index contributed by atoms with van der Waals surface area (Å²) < 4.78 is 6.53. The second-order valence-corrected chi connectivity index (χ2v) is 7.88. The number of aromatic nitrogens is 2. The molecule has 1 fully saturated rings. The second-order valence-electron chi connectivity index (χ2n) is 6.97. The number of nitrogens with zero attached hydrogens (tertiary/aromatic N) is 3. The number of halogens is 1. The molecule has 138 valence electrons. The fourth-order valence-corrected chi connectivity index (χ4v) is 3.69. The third-order valence-electron chi connectivity index (χ3n) is 5.00. The molecule has 0 saturated carbocycles. The fourth-order valence-electron chi connectivity index (χ4n) is 3.43. The first-order valence-corrected chi connectivity index (χ1v) is 9.76. The van der Waals surface area contributed by atoms with Gasteiger partial charge in [-0.3, -0.25) is 4.79 Å². The van der Waals surface area contributed by atoms with Gasteiger partial charge in [0, 0.05) is 23.0 Å². The molecular formula is C21H20BrN3O2. The maximum absolute atomic E-state index is 12.5. The van der Waals surface area contributed by atoms with Crippen LogP contribution < -0.4 is 0 Å². The van der Waals surface area contributed by atoms with Crippen LogP contribution in [-0.2, 0) is 11.3 Å². The van der Waals surface area contributed by atoms with Crippen LogP contribution in [0.4, 0.5) is 0 Å². The summed E-state index contributed by atoms with van der Waals surface area (Å²) in [7, 11) is 0. The Labute approximate surface area is 166 Å². The maximum atomic E-state index is 12.5. The lowest BCUT2D eigenvalue weighted by Gasteiger charge is -2.23. The van der Waals surface area contributed by atoms with E-state index in [9.17, 15) is 4.79 Å². The standard InChI is InChI=1S/C21H20BrN3O2/c1-13-3-4-14(2)16(11-13)12-25-18(9-10-19(25)26)21-23-20(24-27-21)15-5-7-17(22)8-6-15/h3-8,11,18H,9-10,12H2,1-2H3. The monoisotopic (exact) mass is 425 g/mol. The van der Waals surface area contributed by atoms with Crippen molar-refractivity contribution >= 4 is 21.8 Å². The SMILES string of the molecule is Cc1ccc(C)c(CN2C(=O)CCC2c2nc(-c3ccc(Br)cc3)no2)c1. The number of benzene rings is 2. The Balaban J connectivity index is 1.60. The molecule has 0 N–H and O–H groups in total. The molecule has 0 spiro atoms. The number of hydrogen-bond acceptors (Lipinski definition) is 4. The summed E-state index contributed by atoms with van der Waals surface area (Å²) in [6.07, 6.45) is 1.21. The molecule has 2 heterocycles. The summed E-state index contributed by atoms with van der Waals surface area (Å²) in [5, 5.41) is 4.12. The molecule has 1 unspecified atom stereocenters. The third kappa shape index (κ3) is 3.67. The van der Waals surface area contributed by atoms with E-state index in [2.05, 4.69) is 58.1 Å². The number of likely N-dealkylation sites (tertiary alicyclic amines) is 1. The molecule has 27 heavy (non-hydrogen) atoms. The molecule has 1 aliphatic rings. The van der Waals surface area contributed by atoms with E-state index in [-0.39, 0.29) is 11.9 Å². The summed E-state index contributed by atoms with van der Waals surface area (Å²) in [6.45, 7) is 4.70. The van der Waals surface area contributed by atoms with Gasteiger partial charge >= 0.3 is 0 Å². The molecule has 3 aromatic rings. The van der Waals surface area contributed by atoms with E-state index < -0.39 is 0 Å². The minimum atomic E-state index is -0.172. The van der Waals surface area contributed by atoms with Crippen LogP contribution in [-0.4, -0.2) is 20.9 Å². The van der Waals surface area contributed by atoms with Crippen molar-refractivity contribution < 1.29 is 9.32 Å². The Kier molecular flexibility index (Phi) is 4.83. The topological polar surface area (TPSA) is 59.2 Å². The van der Waals surface area contributed by atoms with Gasteiger partial charge in [-0.15, -0.1) is 0 Å². The van der Waals surface area contributed by atoms with Crippen LogP contribution in [0.3, 0.4) is 0 Å². The van der Waals surface area contributed by atoms with Crippen LogP contribution in [0.25, 0.3) is 11.4 Å². The molecule has 1 saturated heterocycles. The number of carbonyl (C=O) groups is 1. The molecule has 5 nitrogen and oxygen atoms in total. The van der Waals surface area contributed by atoms with E-state index in [1.165, 1.54) is 11.1 Å². The average molecular weight is 426 g/mol. The second kappa shape index (κ2) is 7.27. The minimum absolute atomic E-state index is 0.129. The summed E-state index contributed by atoms with van der Waals surface area (Å²) in [5.41, 5.74) is 4.41. The Hall–Kier alpha value is -2.47. The first-order valence-electron chi connectivity index (χ1n) is 8.96. The van der Waals surface area contributed by atoms with Crippen LogP contribution in [0, 0.1) is 13.8 Å². The predicted molar refractivity (Wildman–Crippen MR) is 106 cm³/mol. The van der Waals surface area contributed by atoms with E-state index in [4.69, 9.17) is 4.52 Å². The Morgan fingerprint density at radius 1 is 1.19 bits per heavy atom. The molecule has 1 amide bonds. The van der Waals surface area contributed by atoms with Crippen LogP contribution in [0.5, 0.6) is 0 Å². The van der Waals surface area contributed by atoms with E-state index in [0.29, 0.717) is 31.1 Å². The van der Waals surface area contributed by atoms with Gasteiger partial charge in [-0.25, -0.2) is 0 Å². The van der Waals surface area contributed by atoms with Crippen molar-refractivity contribution in [2.45, 2.75) is 39.3 Å². The van der Waals surface area contributed by atoms with Crippen molar-refractivity contribution in [3.8, 4) is 11.4 Å². The van der Waals surface area contributed by atoms with Crippen LogP contribution in [0.2, 0.25) is 0 Å². The van der Waals surface area contributed by atoms with Gasteiger partial charge in [0.1, 0.15) is 6.04 Å². The molecule has 0 radical (unpaired) electrons. The highest BCUT2D eigenvalue weighted by Crippen LogP contribution is 2.34. The molecule has 0 bridgehead atoms. The summed E-state index contributed by atoms with van der Waals surface area (Å²) >= 11 is 3.43. The van der Waals surface area contributed by atoms with Crippen LogP contribution >= 0.6 is 15.9 Å². The average Bonchev–Trinajstić information content (AvgIpc) is 3.26. The number of aryl methyl sites for hydroxylation is 2. The smallest absolute Gasteiger partial charge is 0.249 e. The highest BCUT2D eigenvalue weighted by Gasteiger charge is 2.36. The third-order valence-corrected chi connectivity index (χ3v) is 5.53. The van der Waals surface area contributed by atoms with E-state index in [0.717, 1.165) is 15.6 Å². The lowest BCUT2D eigenvalue weighted by Crippen LogP contribution is -2.27. The molecule has 1 atom stereocenters. The Morgan fingerprint density at radius 3 is 2.74 bits per heavy atom. The van der Waals surface area contributed by atoms with Gasteiger partial charge < -0.3 is 9.42 Å². The molecular weight excluding hydrogens is 406 g/mol. The summed E-state index contributed by atoms with van der Waals surface area (Å²) in [5.74, 6) is 1.18. The highest BCUT2D eigenvalue weighted by atomic mass is 79.9. The summed E-state index contributed by atoms with van der Waals surface area (Å²) in [6, 6.07) is 13.9. The largest absolute Gasteiger partial charge is 0.337 e.